The lowest BCUT2D eigenvalue weighted by molar-refractivity contribution is 1.09. The molecule has 3 nitrogen and oxygen atoms in total. The molecule has 0 fully saturated rings. The molecule has 2 rings (SSSR count). The number of aryl methyl sites for hydroxylation is 1. The number of benzene rings is 1. The second-order valence-electron chi connectivity index (χ2n) is 3.03. The van der Waals surface area contributed by atoms with Gasteiger partial charge in [-0.2, -0.15) is 5.10 Å². The first kappa shape index (κ1) is 9.09. The van der Waals surface area contributed by atoms with E-state index in [0.717, 1.165) is 17.1 Å². The van der Waals surface area contributed by atoms with Crippen LogP contribution in [0.4, 0.5) is 11.5 Å². The van der Waals surface area contributed by atoms with Crippen LogP contribution in [-0.4, -0.2) is 10.2 Å². The third-order valence-corrected chi connectivity index (χ3v) is 2.28. The van der Waals surface area contributed by atoms with Gasteiger partial charge in [0.15, 0.2) is 0 Å². The minimum atomic E-state index is 0.591. The average Bonchev–Trinajstić information content (AvgIpc) is 2.56. The normalized spacial score (nSPS) is 10.1. The Morgan fingerprint density at radius 2 is 2.14 bits per heavy atom. The van der Waals surface area contributed by atoms with E-state index in [4.69, 9.17) is 11.6 Å². The molecule has 0 bridgehead atoms. The highest BCUT2D eigenvalue weighted by Crippen LogP contribution is 2.23. The van der Waals surface area contributed by atoms with Gasteiger partial charge in [0.25, 0.3) is 0 Å². The molecule has 14 heavy (non-hydrogen) atoms. The molecule has 0 spiro atoms. The highest BCUT2D eigenvalue weighted by molar-refractivity contribution is 6.32. The summed E-state index contributed by atoms with van der Waals surface area (Å²) in [6.45, 7) is 2.03. The van der Waals surface area contributed by atoms with Gasteiger partial charge in [-0.1, -0.05) is 29.8 Å². The summed E-state index contributed by atoms with van der Waals surface area (Å²) in [6.07, 6.45) is 1.57. The summed E-state index contributed by atoms with van der Waals surface area (Å²) in [5.74, 6) is 0.723. The minimum absolute atomic E-state index is 0.591. The van der Waals surface area contributed by atoms with Crippen molar-refractivity contribution in [2.75, 3.05) is 5.32 Å². The summed E-state index contributed by atoms with van der Waals surface area (Å²) in [5.41, 5.74) is 2.19. The third kappa shape index (κ3) is 1.72. The van der Waals surface area contributed by atoms with Crippen LogP contribution < -0.4 is 5.32 Å². The Bertz CT molecular complexity index is 436. The summed E-state index contributed by atoms with van der Waals surface area (Å²) in [6, 6.07) is 7.99. The number of aromatic nitrogens is 2. The van der Waals surface area contributed by atoms with E-state index in [1.54, 1.807) is 6.20 Å². The standard InChI is InChI=1S/C10H10ClN3/c1-7-4-2-3-5-9(7)13-10-8(11)6-12-14-10/h2-6H,1H3,(H2,12,13,14). The van der Waals surface area contributed by atoms with Crippen LogP contribution in [0.1, 0.15) is 5.56 Å². The largest absolute Gasteiger partial charge is 0.339 e. The lowest BCUT2D eigenvalue weighted by atomic mass is 10.2. The van der Waals surface area contributed by atoms with E-state index in [1.807, 2.05) is 31.2 Å². The third-order valence-electron chi connectivity index (χ3n) is 2.00. The van der Waals surface area contributed by atoms with E-state index in [9.17, 15) is 0 Å². The topological polar surface area (TPSA) is 40.7 Å². The van der Waals surface area contributed by atoms with Crippen LogP contribution in [0.5, 0.6) is 0 Å². The molecule has 1 heterocycles. The van der Waals surface area contributed by atoms with E-state index < -0.39 is 0 Å². The van der Waals surface area contributed by atoms with Gasteiger partial charge in [0.2, 0.25) is 0 Å². The Balaban J connectivity index is 2.28. The van der Waals surface area contributed by atoms with Crippen LogP contribution >= 0.6 is 11.6 Å². The van der Waals surface area contributed by atoms with Crippen molar-refractivity contribution in [3.8, 4) is 0 Å². The Hall–Kier alpha value is -1.48. The van der Waals surface area contributed by atoms with E-state index in [1.165, 1.54) is 0 Å². The molecule has 2 aromatic rings. The van der Waals surface area contributed by atoms with Crippen LogP contribution in [-0.2, 0) is 0 Å². The number of para-hydroxylation sites is 1. The predicted molar refractivity (Wildman–Crippen MR) is 58.1 cm³/mol. The zero-order valence-electron chi connectivity index (χ0n) is 7.71. The van der Waals surface area contributed by atoms with Crippen molar-refractivity contribution in [2.24, 2.45) is 0 Å². The first-order valence-corrected chi connectivity index (χ1v) is 4.66. The Kier molecular flexibility index (Phi) is 2.41. The summed E-state index contributed by atoms with van der Waals surface area (Å²) in [7, 11) is 0. The summed E-state index contributed by atoms with van der Waals surface area (Å²) < 4.78 is 0. The summed E-state index contributed by atoms with van der Waals surface area (Å²) in [5, 5.41) is 10.4. The Morgan fingerprint density at radius 1 is 1.36 bits per heavy atom. The van der Waals surface area contributed by atoms with Gasteiger partial charge in [-0.15, -0.1) is 0 Å². The van der Waals surface area contributed by atoms with Crippen LogP contribution in [0.3, 0.4) is 0 Å². The average molecular weight is 208 g/mol. The number of nitrogens with one attached hydrogen (secondary N) is 2. The molecule has 1 aromatic carbocycles. The van der Waals surface area contributed by atoms with Crippen molar-refractivity contribution in [3.63, 3.8) is 0 Å². The Morgan fingerprint density at radius 3 is 2.79 bits per heavy atom. The maximum Gasteiger partial charge on any atom is 0.145 e. The second kappa shape index (κ2) is 3.72. The minimum Gasteiger partial charge on any atom is -0.339 e. The molecule has 0 unspecified atom stereocenters. The van der Waals surface area contributed by atoms with Crippen LogP contribution in [0.25, 0.3) is 0 Å². The van der Waals surface area contributed by atoms with Gasteiger partial charge in [-0.3, -0.25) is 5.10 Å². The van der Waals surface area contributed by atoms with Gasteiger partial charge in [0.05, 0.1) is 6.20 Å². The van der Waals surface area contributed by atoms with Gasteiger partial charge in [0.1, 0.15) is 10.8 Å². The van der Waals surface area contributed by atoms with Gasteiger partial charge in [-0.05, 0) is 18.6 Å². The maximum atomic E-state index is 5.89. The number of hydrogen-bond acceptors (Lipinski definition) is 2. The lowest BCUT2D eigenvalue weighted by Gasteiger charge is -2.06. The van der Waals surface area contributed by atoms with Crippen molar-refractivity contribution in [1.29, 1.82) is 0 Å². The molecular weight excluding hydrogens is 198 g/mol. The molecule has 0 atom stereocenters. The maximum absolute atomic E-state index is 5.89. The van der Waals surface area contributed by atoms with Crippen LogP contribution in [0, 0.1) is 6.92 Å². The molecule has 72 valence electrons. The van der Waals surface area contributed by atoms with E-state index >= 15 is 0 Å². The zero-order valence-corrected chi connectivity index (χ0v) is 8.47. The lowest BCUT2D eigenvalue weighted by Crippen LogP contribution is -1.93. The van der Waals surface area contributed by atoms with Gasteiger partial charge >= 0.3 is 0 Å². The molecule has 0 amide bonds. The van der Waals surface area contributed by atoms with Gasteiger partial charge in [0, 0.05) is 5.69 Å². The van der Waals surface area contributed by atoms with Crippen LogP contribution in [0.15, 0.2) is 30.5 Å². The fourth-order valence-corrected chi connectivity index (χ4v) is 1.35. The molecule has 0 saturated heterocycles. The van der Waals surface area contributed by atoms with E-state index in [0.29, 0.717) is 5.02 Å². The van der Waals surface area contributed by atoms with E-state index in [-0.39, 0.29) is 0 Å². The van der Waals surface area contributed by atoms with Crippen LogP contribution in [0.2, 0.25) is 5.02 Å². The number of hydrogen-bond donors (Lipinski definition) is 2. The summed E-state index contributed by atoms with van der Waals surface area (Å²) in [4.78, 5) is 0. The van der Waals surface area contributed by atoms with Crippen molar-refractivity contribution in [1.82, 2.24) is 10.2 Å². The summed E-state index contributed by atoms with van der Waals surface area (Å²) >= 11 is 5.89. The highest BCUT2D eigenvalue weighted by atomic mass is 35.5. The van der Waals surface area contributed by atoms with Crippen molar-refractivity contribution < 1.29 is 0 Å². The molecule has 0 radical (unpaired) electrons. The fraction of sp³-hybridized carbons (Fsp3) is 0.100. The molecule has 2 N–H and O–H groups in total. The number of aromatic amines is 1. The predicted octanol–water partition coefficient (Wildman–Crippen LogP) is 3.12. The molecule has 0 aliphatic heterocycles. The molecule has 4 heteroatoms. The number of halogens is 1. The van der Waals surface area contributed by atoms with Crippen molar-refractivity contribution >= 4 is 23.1 Å². The molecular formula is C10H10ClN3. The first-order valence-electron chi connectivity index (χ1n) is 4.29. The smallest absolute Gasteiger partial charge is 0.145 e. The SMILES string of the molecule is Cc1ccccc1Nc1[nH]ncc1Cl. The number of H-pyrrole nitrogens is 1. The second-order valence-corrected chi connectivity index (χ2v) is 3.44. The molecule has 0 aliphatic rings. The molecule has 0 aliphatic carbocycles. The van der Waals surface area contributed by atoms with Gasteiger partial charge in [-0.25, -0.2) is 0 Å². The number of nitrogens with zero attached hydrogens (tertiary/aromatic N) is 1. The molecule has 0 saturated carbocycles. The number of anilines is 2. The Labute approximate surface area is 87.1 Å². The highest BCUT2D eigenvalue weighted by Gasteiger charge is 2.03. The monoisotopic (exact) mass is 207 g/mol. The number of rotatable bonds is 2. The van der Waals surface area contributed by atoms with Crippen molar-refractivity contribution in [2.45, 2.75) is 6.92 Å². The quantitative estimate of drug-likeness (QED) is 0.795. The van der Waals surface area contributed by atoms with Crippen molar-refractivity contribution in [3.05, 3.63) is 41.0 Å². The zero-order chi connectivity index (χ0) is 9.97. The molecule has 1 aromatic heterocycles. The van der Waals surface area contributed by atoms with E-state index in [2.05, 4.69) is 15.5 Å². The fourth-order valence-electron chi connectivity index (χ4n) is 1.21. The van der Waals surface area contributed by atoms with Gasteiger partial charge < -0.3 is 5.32 Å². The first-order chi connectivity index (χ1) is 6.77.